The van der Waals surface area contributed by atoms with Crippen molar-refractivity contribution >= 4 is 5.69 Å². The number of rotatable bonds is 3. The molecule has 1 aliphatic rings. The lowest BCUT2D eigenvalue weighted by Gasteiger charge is -2.30. The van der Waals surface area contributed by atoms with E-state index in [4.69, 9.17) is 0 Å². The van der Waals surface area contributed by atoms with Crippen LogP contribution in [0.2, 0.25) is 0 Å². The summed E-state index contributed by atoms with van der Waals surface area (Å²) >= 11 is 0. The fourth-order valence-corrected chi connectivity index (χ4v) is 2.74. The monoisotopic (exact) mass is 262 g/mol. The van der Waals surface area contributed by atoms with Gasteiger partial charge in [0.25, 0.3) is 0 Å². The van der Waals surface area contributed by atoms with Crippen molar-refractivity contribution in [2.24, 2.45) is 0 Å². The van der Waals surface area contributed by atoms with E-state index in [1.54, 1.807) is 0 Å². The summed E-state index contributed by atoms with van der Waals surface area (Å²) in [6.07, 6.45) is 2.22. The van der Waals surface area contributed by atoms with Gasteiger partial charge in [-0.15, -0.1) is 0 Å². The molecule has 0 radical (unpaired) electrons. The van der Waals surface area contributed by atoms with E-state index in [1.165, 1.54) is 11.3 Å². The van der Waals surface area contributed by atoms with Crippen LogP contribution in [-0.2, 0) is 6.42 Å². The molecule has 0 spiro atoms. The number of hydrogen-bond donors (Lipinski definition) is 1. The quantitative estimate of drug-likeness (QED) is 0.904. The van der Waals surface area contributed by atoms with Crippen LogP contribution in [0.4, 0.5) is 5.69 Å². The SMILES string of the molecule is CCc1ccc(N2CCC(C)N(C)C(CO)C2)cc1. The van der Waals surface area contributed by atoms with E-state index < -0.39 is 0 Å². The molecule has 2 atom stereocenters. The largest absolute Gasteiger partial charge is 0.395 e. The molecule has 1 aromatic rings. The number of hydrogen-bond acceptors (Lipinski definition) is 3. The molecule has 0 bridgehead atoms. The maximum Gasteiger partial charge on any atom is 0.0604 e. The lowest BCUT2D eigenvalue weighted by molar-refractivity contribution is 0.127. The van der Waals surface area contributed by atoms with Crippen LogP contribution in [0.3, 0.4) is 0 Å². The molecule has 1 fully saturated rings. The second-order valence-corrected chi connectivity index (χ2v) is 5.61. The molecular formula is C16H26N2O. The van der Waals surface area contributed by atoms with Crippen LogP contribution in [0.15, 0.2) is 24.3 Å². The van der Waals surface area contributed by atoms with E-state index in [2.05, 4.69) is 55.0 Å². The highest BCUT2D eigenvalue weighted by Gasteiger charge is 2.26. The summed E-state index contributed by atoms with van der Waals surface area (Å²) in [6, 6.07) is 9.59. The molecule has 1 aliphatic heterocycles. The third-order valence-corrected chi connectivity index (χ3v) is 4.44. The number of anilines is 1. The molecule has 3 heteroatoms. The summed E-state index contributed by atoms with van der Waals surface area (Å²) in [5.41, 5.74) is 2.65. The van der Waals surface area contributed by atoms with Gasteiger partial charge in [0.2, 0.25) is 0 Å². The topological polar surface area (TPSA) is 26.7 Å². The van der Waals surface area contributed by atoms with E-state index >= 15 is 0 Å². The number of nitrogens with zero attached hydrogens (tertiary/aromatic N) is 2. The average molecular weight is 262 g/mol. The van der Waals surface area contributed by atoms with Crippen molar-refractivity contribution < 1.29 is 5.11 Å². The van der Waals surface area contributed by atoms with Crippen LogP contribution in [0.1, 0.15) is 25.8 Å². The van der Waals surface area contributed by atoms with Gasteiger partial charge in [0.05, 0.1) is 12.6 Å². The minimum Gasteiger partial charge on any atom is -0.395 e. The Balaban J connectivity index is 2.14. The highest BCUT2D eigenvalue weighted by molar-refractivity contribution is 5.48. The first kappa shape index (κ1) is 14.4. The summed E-state index contributed by atoms with van der Waals surface area (Å²) in [6.45, 7) is 6.62. The molecule has 1 N–H and O–H groups in total. The van der Waals surface area contributed by atoms with E-state index in [9.17, 15) is 5.11 Å². The standard InChI is InChI=1S/C16H26N2O/c1-4-14-5-7-15(8-6-14)18-10-9-13(2)17(3)16(11-18)12-19/h5-8,13,16,19H,4,9-12H2,1-3H3. The maximum atomic E-state index is 9.58. The Hall–Kier alpha value is -1.06. The molecule has 0 aliphatic carbocycles. The van der Waals surface area contributed by atoms with Gasteiger partial charge in [-0.25, -0.2) is 0 Å². The summed E-state index contributed by atoms with van der Waals surface area (Å²) in [5.74, 6) is 0. The zero-order valence-electron chi connectivity index (χ0n) is 12.3. The Labute approximate surface area is 116 Å². The van der Waals surface area contributed by atoms with Crippen LogP contribution >= 0.6 is 0 Å². The van der Waals surface area contributed by atoms with Gasteiger partial charge < -0.3 is 10.0 Å². The number of likely N-dealkylation sites (N-methyl/N-ethyl adjacent to an activating group) is 1. The summed E-state index contributed by atoms with van der Waals surface area (Å²) in [5, 5.41) is 9.58. The predicted octanol–water partition coefficient (Wildman–Crippen LogP) is 2.14. The molecule has 19 heavy (non-hydrogen) atoms. The van der Waals surface area contributed by atoms with Crippen LogP contribution in [0, 0.1) is 0 Å². The number of aliphatic hydroxyl groups excluding tert-OH is 1. The third-order valence-electron chi connectivity index (χ3n) is 4.44. The highest BCUT2D eigenvalue weighted by atomic mass is 16.3. The molecule has 1 heterocycles. The Morgan fingerprint density at radius 2 is 1.95 bits per heavy atom. The van der Waals surface area contributed by atoms with Crippen molar-refractivity contribution in [2.75, 3.05) is 31.6 Å². The minimum atomic E-state index is 0.225. The Morgan fingerprint density at radius 3 is 2.53 bits per heavy atom. The molecule has 1 aromatic carbocycles. The molecule has 106 valence electrons. The van der Waals surface area contributed by atoms with Crippen molar-refractivity contribution in [1.82, 2.24) is 4.90 Å². The molecule has 0 saturated carbocycles. The maximum absolute atomic E-state index is 9.58. The van der Waals surface area contributed by atoms with E-state index in [0.717, 1.165) is 25.9 Å². The first-order chi connectivity index (χ1) is 9.15. The normalized spacial score (nSPS) is 25.4. The Morgan fingerprint density at radius 1 is 1.26 bits per heavy atom. The Kier molecular flexibility index (Phi) is 4.83. The van der Waals surface area contributed by atoms with Crippen molar-refractivity contribution in [3.8, 4) is 0 Å². The van der Waals surface area contributed by atoms with Crippen molar-refractivity contribution in [3.63, 3.8) is 0 Å². The van der Waals surface area contributed by atoms with E-state index in [0.29, 0.717) is 6.04 Å². The predicted molar refractivity (Wildman–Crippen MR) is 80.7 cm³/mol. The molecular weight excluding hydrogens is 236 g/mol. The molecule has 0 amide bonds. The van der Waals surface area contributed by atoms with Crippen LogP contribution in [0.5, 0.6) is 0 Å². The summed E-state index contributed by atoms with van der Waals surface area (Å²) < 4.78 is 0. The fourth-order valence-electron chi connectivity index (χ4n) is 2.74. The van der Waals surface area contributed by atoms with Crippen molar-refractivity contribution in [3.05, 3.63) is 29.8 Å². The van der Waals surface area contributed by atoms with Gasteiger partial charge in [0.15, 0.2) is 0 Å². The van der Waals surface area contributed by atoms with Crippen molar-refractivity contribution in [1.29, 1.82) is 0 Å². The minimum absolute atomic E-state index is 0.225. The molecule has 0 aromatic heterocycles. The smallest absolute Gasteiger partial charge is 0.0604 e. The second-order valence-electron chi connectivity index (χ2n) is 5.61. The van der Waals surface area contributed by atoms with Gasteiger partial charge >= 0.3 is 0 Å². The zero-order chi connectivity index (χ0) is 13.8. The first-order valence-corrected chi connectivity index (χ1v) is 7.32. The molecule has 3 nitrogen and oxygen atoms in total. The van der Waals surface area contributed by atoms with Gasteiger partial charge in [-0.2, -0.15) is 0 Å². The summed E-state index contributed by atoms with van der Waals surface area (Å²) in [7, 11) is 2.12. The molecule has 2 unspecified atom stereocenters. The van der Waals surface area contributed by atoms with Crippen LogP contribution in [-0.4, -0.2) is 48.8 Å². The van der Waals surface area contributed by atoms with E-state index in [-0.39, 0.29) is 12.6 Å². The van der Waals surface area contributed by atoms with Crippen LogP contribution in [0.25, 0.3) is 0 Å². The van der Waals surface area contributed by atoms with Crippen molar-refractivity contribution in [2.45, 2.75) is 38.8 Å². The number of aryl methyl sites for hydroxylation is 1. The Bertz CT molecular complexity index is 390. The van der Waals surface area contributed by atoms with Gasteiger partial charge in [-0.1, -0.05) is 19.1 Å². The third kappa shape index (κ3) is 3.28. The lowest BCUT2D eigenvalue weighted by Crippen LogP contribution is -2.44. The second kappa shape index (κ2) is 6.40. The van der Waals surface area contributed by atoms with Gasteiger partial charge in [-0.05, 0) is 44.5 Å². The number of benzene rings is 1. The molecule has 1 saturated heterocycles. The van der Waals surface area contributed by atoms with Gasteiger partial charge in [0.1, 0.15) is 0 Å². The average Bonchev–Trinajstić information content (AvgIpc) is 2.60. The van der Waals surface area contributed by atoms with Gasteiger partial charge in [-0.3, -0.25) is 4.90 Å². The lowest BCUT2D eigenvalue weighted by atomic mass is 10.1. The zero-order valence-corrected chi connectivity index (χ0v) is 12.3. The number of aliphatic hydroxyl groups is 1. The van der Waals surface area contributed by atoms with E-state index in [1.807, 2.05) is 0 Å². The fraction of sp³-hybridized carbons (Fsp3) is 0.625. The molecule has 2 rings (SSSR count). The first-order valence-electron chi connectivity index (χ1n) is 7.32. The van der Waals surface area contributed by atoms with Crippen LogP contribution < -0.4 is 4.90 Å². The summed E-state index contributed by atoms with van der Waals surface area (Å²) in [4.78, 5) is 4.71. The van der Waals surface area contributed by atoms with Gasteiger partial charge in [0, 0.05) is 24.8 Å². The highest BCUT2D eigenvalue weighted by Crippen LogP contribution is 2.21.